The number of hydrogen-bond acceptors (Lipinski definition) is 3. The van der Waals surface area contributed by atoms with E-state index in [-0.39, 0.29) is 0 Å². The number of aliphatic carboxylic acids is 1. The molecule has 1 heterocycles. The second-order valence-electron chi connectivity index (χ2n) is 6.98. The summed E-state index contributed by atoms with van der Waals surface area (Å²) in [7, 11) is 1.83. The first kappa shape index (κ1) is 18.9. The Labute approximate surface area is 159 Å². The minimum atomic E-state index is -0.828. The molecule has 5 nitrogen and oxygen atoms in total. The van der Waals surface area contributed by atoms with Gasteiger partial charge in [0.25, 0.3) is 0 Å². The Morgan fingerprint density at radius 1 is 1.19 bits per heavy atom. The molecule has 0 bridgehead atoms. The van der Waals surface area contributed by atoms with Gasteiger partial charge in [-0.05, 0) is 32.5 Å². The molecule has 0 aliphatic rings. The van der Waals surface area contributed by atoms with Crippen LogP contribution in [0.25, 0.3) is 11.3 Å². The van der Waals surface area contributed by atoms with Gasteiger partial charge in [-0.2, -0.15) is 5.10 Å². The van der Waals surface area contributed by atoms with Crippen molar-refractivity contribution in [1.29, 1.82) is 0 Å². The van der Waals surface area contributed by atoms with Crippen molar-refractivity contribution >= 4 is 5.97 Å². The fourth-order valence-corrected chi connectivity index (χ4v) is 3.06. The average molecular weight is 363 g/mol. The van der Waals surface area contributed by atoms with Crippen LogP contribution in [0.2, 0.25) is 0 Å². The number of hydrogen-bond donors (Lipinski definition) is 1. The van der Waals surface area contributed by atoms with E-state index in [4.69, 9.17) is 5.10 Å². The molecule has 0 aliphatic carbocycles. The third-order valence-electron chi connectivity index (χ3n) is 4.75. The van der Waals surface area contributed by atoms with Crippen molar-refractivity contribution in [2.24, 2.45) is 0 Å². The maximum Gasteiger partial charge on any atom is 0.320 e. The highest BCUT2D eigenvalue weighted by Crippen LogP contribution is 2.25. The fraction of sp³-hybridized carbons (Fsp3) is 0.273. The highest BCUT2D eigenvalue weighted by molar-refractivity contribution is 5.73. The maximum absolute atomic E-state index is 11.3. The van der Waals surface area contributed by atoms with Gasteiger partial charge in [-0.25, -0.2) is 0 Å². The largest absolute Gasteiger partial charge is 0.480 e. The SMILES string of the molecule is Cc1cccc(-c2nn(Cc3ccccc3)cc2CN(C)C(C)C(=O)O)c1. The van der Waals surface area contributed by atoms with E-state index in [1.54, 1.807) is 6.92 Å². The molecule has 1 N–H and O–H groups in total. The molecule has 0 spiro atoms. The van der Waals surface area contributed by atoms with E-state index in [0.717, 1.165) is 16.8 Å². The fourth-order valence-electron chi connectivity index (χ4n) is 3.06. The summed E-state index contributed by atoms with van der Waals surface area (Å²) >= 11 is 0. The van der Waals surface area contributed by atoms with Crippen LogP contribution in [0, 0.1) is 6.92 Å². The van der Waals surface area contributed by atoms with Crippen LogP contribution in [-0.2, 0) is 17.9 Å². The zero-order valence-corrected chi connectivity index (χ0v) is 16.0. The molecule has 0 saturated heterocycles. The first-order chi connectivity index (χ1) is 12.9. The highest BCUT2D eigenvalue weighted by atomic mass is 16.4. The third-order valence-corrected chi connectivity index (χ3v) is 4.75. The number of aryl methyl sites for hydroxylation is 1. The minimum absolute atomic E-state index is 0.519. The van der Waals surface area contributed by atoms with Crippen molar-refractivity contribution in [1.82, 2.24) is 14.7 Å². The molecule has 0 amide bonds. The number of carboxylic acid groups (broad SMARTS) is 1. The molecule has 1 unspecified atom stereocenters. The van der Waals surface area contributed by atoms with E-state index < -0.39 is 12.0 Å². The summed E-state index contributed by atoms with van der Waals surface area (Å²) in [6, 6.07) is 17.9. The van der Waals surface area contributed by atoms with E-state index in [1.165, 1.54) is 11.1 Å². The molecule has 3 aromatic rings. The zero-order valence-electron chi connectivity index (χ0n) is 16.0. The normalized spacial score (nSPS) is 12.3. The summed E-state index contributed by atoms with van der Waals surface area (Å²) in [6.45, 7) is 4.95. The van der Waals surface area contributed by atoms with Gasteiger partial charge in [0.15, 0.2) is 0 Å². The van der Waals surface area contributed by atoms with E-state index in [0.29, 0.717) is 13.1 Å². The number of carboxylic acids is 1. The van der Waals surface area contributed by atoms with Crippen LogP contribution >= 0.6 is 0 Å². The molecule has 0 radical (unpaired) electrons. The number of rotatable bonds is 7. The van der Waals surface area contributed by atoms with Crippen molar-refractivity contribution < 1.29 is 9.90 Å². The van der Waals surface area contributed by atoms with Gasteiger partial charge in [-0.3, -0.25) is 14.4 Å². The van der Waals surface area contributed by atoms with Crippen LogP contribution in [0.4, 0.5) is 0 Å². The van der Waals surface area contributed by atoms with Crippen LogP contribution in [0.15, 0.2) is 60.8 Å². The molecule has 0 fully saturated rings. The van der Waals surface area contributed by atoms with Crippen LogP contribution < -0.4 is 0 Å². The monoisotopic (exact) mass is 363 g/mol. The lowest BCUT2D eigenvalue weighted by atomic mass is 10.1. The van der Waals surface area contributed by atoms with Gasteiger partial charge in [0, 0.05) is 23.9 Å². The van der Waals surface area contributed by atoms with Crippen LogP contribution in [-0.4, -0.2) is 38.8 Å². The molecular formula is C22H25N3O2. The number of likely N-dealkylation sites (N-methyl/N-ethyl adjacent to an activating group) is 1. The first-order valence-electron chi connectivity index (χ1n) is 9.04. The van der Waals surface area contributed by atoms with E-state index in [9.17, 15) is 9.90 Å². The minimum Gasteiger partial charge on any atom is -0.480 e. The summed E-state index contributed by atoms with van der Waals surface area (Å²) in [5.74, 6) is -0.828. The second kappa shape index (κ2) is 8.18. The van der Waals surface area contributed by atoms with Gasteiger partial charge in [-0.1, -0.05) is 54.1 Å². The van der Waals surface area contributed by atoms with Gasteiger partial charge in [0.2, 0.25) is 0 Å². The lowest BCUT2D eigenvalue weighted by Gasteiger charge is -2.20. The van der Waals surface area contributed by atoms with E-state index in [2.05, 4.69) is 31.2 Å². The van der Waals surface area contributed by atoms with E-state index in [1.807, 2.05) is 53.2 Å². The Kier molecular flexibility index (Phi) is 5.72. The molecule has 0 aliphatic heterocycles. The summed E-state index contributed by atoms with van der Waals surface area (Å²) in [6.07, 6.45) is 2.02. The average Bonchev–Trinajstić information content (AvgIpc) is 3.04. The Bertz CT molecular complexity index is 918. The maximum atomic E-state index is 11.3. The van der Waals surface area contributed by atoms with Gasteiger partial charge < -0.3 is 5.11 Å². The van der Waals surface area contributed by atoms with Crippen LogP contribution in [0.3, 0.4) is 0 Å². The Morgan fingerprint density at radius 3 is 2.59 bits per heavy atom. The molecule has 0 saturated carbocycles. The molecule has 140 valence electrons. The van der Waals surface area contributed by atoms with Crippen LogP contribution in [0.5, 0.6) is 0 Å². The van der Waals surface area contributed by atoms with Gasteiger partial charge in [0.1, 0.15) is 6.04 Å². The number of aromatic nitrogens is 2. The number of benzene rings is 2. The standard InChI is InChI=1S/C22H25N3O2/c1-16-8-7-11-19(12-16)21-20(14-24(3)17(2)22(26)27)15-25(23-21)13-18-9-5-4-6-10-18/h4-12,15,17H,13-14H2,1-3H3,(H,26,27). The van der Waals surface area contributed by atoms with Crippen molar-refractivity contribution in [3.8, 4) is 11.3 Å². The molecule has 27 heavy (non-hydrogen) atoms. The van der Waals surface area contributed by atoms with E-state index >= 15 is 0 Å². The Balaban J connectivity index is 1.95. The quantitative estimate of drug-likeness (QED) is 0.693. The molecular weight excluding hydrogens is 338 g/mol. The summed E-state index contributed by atoms with van der Waals surface area (Å²) in [5, 5.41) is 14.1. The van der Waals surface area contributed by atoms with Gasteiger partial charge >= 0.3 is 5.97 Å². The molecule has 1 aromatic heterocycles. The third kappa shape index (κ3) is 4.63. The van der Waals surface area contributed by atoms with Gasteiger partial charge in [-0.15, -0.1) is 0 Å². The Hall–Kier alpha value is -2.92. The predicted molar refractivity (Wildman–Crippen MR) is 107 cm³/mol. The summed E-state index contributed by atoms with van der Waals surface area (Å²) < 4.78 is 1.93. The lowest BCUT2D eigenvalue weighted by Crippen LogP contribution is -2.35. The number of carbonyl (C=O) groups is 1. The van der Waals surface area contributed by atoms with Crippen molar-refractivity contribution in [3.05, 3.63) is 77.5 Å². The predicted octanol–water partition coefficient (Wildman–Crippen LogP) is 3.81. The van der Waals surface area contributed by atoms with Crippen molar-refractivity contribution in [2.75, 3.05) is 7.05 Å². The van der Waals surface area contributed by atoms with Crippen molar-refractivity contribution in [2.45, 2.75) is 33.0 Å². The first-order valence-corrected chi connectivity index (χ1v) is 9.04. The van der Waals surface area contributed by atoms with Gasteiger partial charge in [0.05, 0.1) is 12.2 Å². The summed E-state index contributed by atoms with van der Waals surface area (Å²) in [4.78, 5) is 13.1. The molecule has 1 atom stereocenters. The Morgan fingerprint density at radius 2 is 1.93 bits per heavy atom. The molecule has 2 aromatic carbocycles. The zero-order chi connectivity index (χ0) is 19.4. The molecule has 3 rings (SSSR count). The summed E-state index contributed by atoms with van der Waals surface area (Å²) in [5.41, 5.74) is 5.32. The van der Waals surface area contributed by atoms with Crippen molar-refractivity contribution in [3.63, 3.8) is 0 Å². The lowest BCUT2D eigenvalue weighted by molar-refractivity contribution is -0.142. The number of nitrogens with zero attached hydrogens (tertiary/aromatic N) is 3. The smallest absolute Gasteiger partial charge is 0.320 e. The second-order valence-corrected chi connectivity index (χ2v) is 6.98. The van der Waals surface area contributed by atoms with Crippen LogP contribution in [0.1, 0.15) is 23.6 Å². The highest BCUT2D eigenvalue weighted by Gasteiger charge is 2.20. The topological polar surface area (TPSA) is 58.4 Å². The molecule has 5 heteroatoms.